The number of halogens is 1. The van der Waals surface area contributed by atoms with Crippen molar-refractivity contribution >= 4 is 28.7 Å². The Balaban J connectivity index is 0.000000595. The van der Waals surface area contributed by atoms with Crippen LogP contribution in [0.5, 0.6) is 5.75 Å². The van der Waals surface area contributed by atoms with E-state index in [4.69, 9.17) is 27.8 Å². The zero-order chi connectivity index (χ0) is 28.0. The maximum atomic E-state index is 8.49. The Kier molecular flexibility index (Phi) is 8.17. The summed E-state index contributed by atoms with van der Waals surface area (Å²) < 4.78 is 46.6. The first kappa shape index (κ1) is 27.0. The SMILES string of the molecule is C(=Cc1[o+]c2ccccc2cc1-c1ccccc1)C=C1Oc2ccccc2C=C1c1ccccc1.[O-][Cl+3]([O-])([O-])[O-]. The van der Waals surface area contributed by atoms with E-state index >= 15 is 0 Å². The van der Waals surface area contributed by atoms with E-state index in [0.717, 1.165) is 56.1 Å². The van der Waals surface area contributed by atoms with Crippen LogP contribution in [0.15, 0.2) is 138 Å². The highest BCUT2D eigenvalue weighted by atomic mass is 35.7. The Bertz CT molecular complexity index is 1700. The second kappa shape index (κ2) is 12.1. The van der Waals surface area contributed by atoms with Gasteiger partial charge in [-0.25, -0.2) is 23.1 Å². The summed E-state index contributed by atoms with van der Waals surface area (Å²) in [7, 11) is -4.94. The highest BCUT2D eigenvalue weighted by Crippen LogP contribution is 2.37. The fourth-order valence-electron chi connectivity index (χ4n) is 4.34. The molecule has 4 aromatic carbocycles. The van der Waals surface area contributed by atoms with Crippen molar-refractivity contribution in [3.05, 3.63) is 150 Å². The minimum absolute atomic E-state index is 0.799. The molecule has 0 bridgehead atoms. The molecular weight excluding hydrogens is 528 g/mol. The van der Waals surface area contributed by atoms with Gasteiger partial charge in [0.1, 0.15) is 11.5 Å². The molecule has 7 heteroatoms. The van der Waals surface area contributed by atoms with Crippen molar-refractivity contribution in [1.29, 1.82) is 0 Å². The molecule has 0 saturated carbocycles. The normalized spacial score (nSPS) is 13.8. The van der Waals surface area contributed by atoms with Gasteiger partial charge in [-0.2, -0.15) is 0 Å². The minimum atomic E-state index is -4.94. The molecule has 0 aliphatic carbocycles. The average molecular weight is 551 g/mol. The lowest BCUT2D eigenvalue weighted by Crippen LogP contribution is -2.68. The summed E-state index contributed by atoms with van der Waals surface area (Å²) in [6.07, 6.45) is 8.20. The molecule has 2 heterocycles. The van der Waals surface area contributed by atoms with Crippen LogP contribution >= 0.6 is 0 Å². The molecule has 1 aliphatic heterocycles. The molecule has 0 unspecified atom stereocenters. The van der Waals surface area contributed by atoms with Crippen LogP contribution in [-0.4, -0.2) is 0 Å². The standard InChI is InChI=1S/C33H23O2.ClHO4/c1-3-12-24(13-4-1)28-22-26-16-7-9-18-30(26)34-32(28)20-11-21-33-29(25-14-5-2-6-15-25)23-27-17-8-10-19-31(27)35-33;2-1(3,4)5/h1-23H;(H,2,3,4,5)/q+1;/p-1. The maximum Gasteiger partial charge on any atom is 0.361 e. The van der Waals surface area contributed by atoms with Crippen LogP contribution in [0.4, 0.5) is 0 Å². The zero-order valence-corrected chi connectivity index (χ0v) is 21.9. The zero-order valence-electron chi connectivity index (χ0n) is 21.1. The monoisotopic (exact) mass is 550 g/mol. The van der Waals surface area contributed by atoms with Gasteiger partial charge in [0.05, 0.1) is 10.9 Å². The summed E-state index contributed by atoms with van der Waals surface area (Å²) in [5, 5.41) is 1.07. The van der Waals surface area contributed by atoms with Gasteiger partial charge in [-0.15, -0.1) is 10.2 Å². The van der Waals surface area contributed by atoms with E-state index in [9.17, 15) is 0 Å². The quantitative estimate of drug-likeness (QED) is 0.311. The predicted molar refractivity (Wildman–Crippen MR) is 145 cm³/mol. The van der Waals surface area contributed by atoms with Crippen LogP contribution in [0.25, 0.3) is 39.8 Å². The van der Waals surface area contributed by atoms with Gasteiger partial charge in [0.2, 0.25) is 0 Å². The lowest BCUT2D eigenvalue weighted by atomic mass is 9.98. The van der Waals surface area contributed by atoms with Crippen LogP contribution in [-0.2, 0) is 0 Å². The van der Waals surface area contributed by atoms with E-state index in [-0.39, 0.29) is 0 Å². The number of hydrogen-bond acceptors (Lipinski definition) is 5. The average Bonchev–Trinajstić information content (AvgIpc) is 2.96. The van der Waals surface area contributed by atoms with Crippen molar-refractivity contribution in [2.45, 2.75) is 0 Å². The number of ether oxygens (including phenoxy) is 1. The fraction of sp³-hybridized carbons (Fsp3) is 0. The van der Waals surface area contributed by atoms with Gasteiger partial charge in [-0.3, -0.25) is 0 Å². The summed E-state index contributed by atoms with van der Waals surface area (Å²) in [6, 6.07) is 39.0. The van der Waals surface area contributed by atoms with Crippen LogP contribution in [0, 0.1) is 10.2 Å². The largest absolute Gasteiger partial charge is 0.456 e. The summed E-state index contributed by atoms with van der Waals surface area (Å²) in [5.74, 6) is 2.45. The van der Waals surface area contributed by atoms with Gasteiger partial charge >= 0.3 is 11.3 Å². The lowest BCUT2D eigenvalue weighted by molar-refractivity contribution is -2.00. The first-order valence-corrected chi connectivity index (χ1v) is 13.5. The molecule has 5 aromatic rings. The topological polar surface area (TPSA) is 113 Å². The number of hydrogen-bond donors (Lipinski definition) is 0. The van der Waals surface area contributed by atoms with Crippen LogP contribution in [0.1, 0.15) is 16.9 Å². The number of rotatable bonds is 4. The molecule has 0 fully saturated rings. The first-order chi connectivity index (χ1) is 19.3. The van der Waals surface area contributed by atoms with E-state index in [1.54, 1.807) is 0 Å². The van der Waals surface area contributed by atoms with Crippen molar-refractivity contribution in [3.63, 3.8) is 0 Å². The van der Waals surface area contributed by atoms with Gasteiger partial charge in [0.15, 0.2) is 0 Å². The minimum Gasteiger partial charge on any atom is -0.456 e. The van der Waals surface area contributed by atoms with E-state index in [0.29, 0.717) is 0 Å². The van der Waals surface area contributed by atoms with E-state index in [1.165, 1.54) is 0 Å². The van der Waals surface area contributed by atoms with Gasteiger partial charge in [-0.1, -0.05) is 91.0 Å². The molecule has 1 aromatic heterocycles. The molecule has 0 saturated heterocycles. The van der Waals surface area contributed by atoms with Crippen LogP contribution in [0.2, 0.25) is 0 Å². The lowest BCUT2D eigenvalue weighted by Gasteiger charge is -2.20. The third-order valence-corrected chi connectivity index (χ3v) is 6.07. The molecule has 6 rings (SSSR count). The summed E-state index contributed by atoms with van der Waals surface area (Å²) >= 11 is 0. The molecule has 1 aliphatic rings. The highest BCUT2D eigenvalue weighted by molar-refractivity contribution is 5.93. The Labute approximate surface area is 233 Å². The molecule has 0 amide bonds. The van der Waals surface area contributed by atoms with Gasteiger partial charge in [-0.05, 0) is 47.6 Å². The third kappa shape index (κ3) is 6.90. The van der Waals surface area contributed by atoms with Crippen molar-refractivity contribution in [3.8, 4) is 16.9 Å². The highest BCUT2D eigenvalue weighted by Gasteiger charge is 2.20. The second-order valence-electron chi connectivity index (χ2n) is 8.76. The Morgan fingerprint density at radius 2 is 1.27 bits per heavy atom. The Morgan fingerprint density at radius 3 is 2.00 bits per heavy atom. The number of benzene rings is 4. The molecule has 0 radical (unpaired) electrons. The van der Waals surface area contributed by atoms with Gasteiger partial charge in [0.25, 0.3) is 0 Å². The molecule has 0 atom stereocenters. The van der Waals surface area contributed by atoms with Gasteiger partial charge in [0, 0.05) is 23.3 Å². The third-order valence-electron chi connectivity index (χ3n) is 6.07. The smallest absolute Gasteiger partial charge is 0.361 e. The van der Waals surface area contributed by atoms with E-state index in [1.807, 2.05) is 91.0 Å². The van der Waals surface area contributed by atoms with Crippen molar-refractivity contribution in [1.82, 2.24) is 0 Å². The van der Waals surface area contributed by atoms with Crippen LogP contribution in [0.3, 0.4) is 0 Å². The van der Waals surface area contributed by atoms with Crippen molar-refractivity contribution in [2.24, 2.45) is 0 Å². The maximum absolute atomic E-state index is 8.49. The fourth-order valence-corrected chi connectivity index (χ4v) is 4.34. The molecule has 0 N–H and O–H groups in total. The predicted octanol–water partition coefficient (Wildman–Crippen LogP) is 4.16. The van der Waals surface area contributed by atoms with Crippen molar-refractivity contribution < 1.29 is 38.0 Å². The Morgan fingerprint density at radius 1 is 0.675 bits per heavy atom. The Hall–Kier alpha value is -4.56. The van der Waals surface area contributed by atoms with Crippen LogP contribution < -0.4 is 23.4 Å². The summed E-state index contributed by atoms with van der Waals surface area (Å²) in [5.41, 5.74) is 6.25. The number of allylic oxidation sites excluding steroid dienone is 3. The molecule has 0 spiro atoms. The van der Waals surface area contributed by atoms with E-state index in [2.05, 4.69) is 48.5 Å². The second-order valence-corrected chi connectivity index (χ2v) is 9.52. The molecule has 198 valence electrons. The van der Waals surface area contributed by atoms with Gasteiger partial charge < -0.3 is 4.74 Å². The molecular formula is C33H23ClO6. The first-order valence-electron chi connectivity index (χ1n) is 12.3. The summed E-state index contributed by atoms with van der Waals surface area (Å²) in [4.78, 5) is 0. The van der Waals surface area contributed by atoms with E-state index < -0.39 is 10.2 Å². The molecule has 6 nitrogen and oxygen atoms in total. The number of para-hydroxylation sites is 2. The van der Waals surface area contributed by atoms with Crippen molar-refractivity contribution in [2.75, 3.05) is 0 Å². The molecule has 40 heavy (non-hydrogen) atoms. The number of fused-ring (bicyclic) bond motifs is 2. The summed E-state index contributed by atoms with van der Waals surface area (Å²) in [6.45, 7) is 0.